The summed E-state index contributed by atoms with van der Waals surface area (Å²) < 4.78 is 48.0. The second kappa shape index (κ2) is 10.4. The first-order chi connectivity index (χ1) is 22.3. The monoisotopic (exact) mass is 596 g/mol. The summed E-state index contributed by atoms with van der Waals surface area (Å²) >= 11 is 0. The Bertz CT molecular complexity index is 1560. The molecule has 4 heterocycles. The van der Waals surface area contributed by atoms with Crippen molar-refractivity contribution in [3.8, 4) is 22.3 Å². The van der Waals surface area contributed by atoms with Crippen molar-refractivity contribution in [1.82, 2.24) is 0 Å². The van der Waals surface area contributed by atoms with Crippen molar-refractivity contribution in [2.24, 2.45) is 0 Å². The van der Waals surface area contributed by atoms with Gasteiger partial charge in [-0.3, -0.25) is 0 Å². The third kappa shape index (κ3) is 3.95. The maximum Gasteiger partial charge on any atom is 0.494 e. The van der Waals surface area contributed by atoms with Crippen LogP contribution in [0.15, 0.2) is 72.8 Å². The van der Waals surface area contributed by atoms with Crippen LogP contribution in [0.25, 0.3) is 22.3 Å². The van der Waals surface area contributed by atoms with Gasteiger partial charge in [0, 0.05) is 0 Å². The molecule has 4 saturated heterocycles. The van der Waals surface area contributed by atoms with Crippen LogP contribution in [0.2, 0.25) is 0 Å². The first kappa shape index (κ1) is 27.0. The predicted octanol–water partition coefficient (Wildman–Crippen LogP) is 0.998. The molecule has 10 rings (SSSR count). The number of fused-ring (bicyclic) bond motifs is 10. The molecule has 220 valence electrons. The van der Waals surface area contributed by atoms with Gasteiger partial charge in [0.15, 0.2) is 0 Å². The molecular formula is C33H28B4O8. The fourth-order valence-electron chi connectivity index (χ4n) is 8.09. The molecule has 0 radical (unpaired) electrons. The van der Waals surface area contributed by atoms with E-state index in [2.05, 4.69) is 72.8 Å². The largest absolute Gasteiger partial charge is 0.494 e. The third-order valence-corrected chi connectivity index (χ3v) is 9.95. The van der Waals surface area contributed by atoms with Crippen molar-refractivity contribution >= 4 is 50.3 Å². The molecule has 1 spiro atoms. The molecular weight excluding hydrogens is 568 g/mol. The van der Waals surface area contributed by atoms with Gasteiger partial charge in [-0.2, -0.15) is 0 Å². The van der Waals surface area contributed by atoms with Crippen LogP contribution in [0.5, 0.6) is 0 Å². The summed E-state index contributed by atoms with van der Waals surface area (Å²) in [5.41, 5.74) is 12.9. The van der Waals surface area contributed by atoms with Crippen LogP contribution in [0.3, 0.4) is 0 Å². The average molecular weight is 596 g/mol. The van der Waals surface area contributed by atoms with Gasteiger partial charge in [0.1, 0.15) is 0 Å². The molecule has 0 atom stereocenters. The van der Waals surface area contributed by atoms with Crippen LogP contribution in [0.4, 0.5) is 0 Å². The minimum absolute atomic E-state index is 0.398. The van der Waals surface area contributed by atoms with Crippen LogP contribution >= 0.6 is 0 Å². The van der Waals surface area contributed by atoms with E-state index in [9.17, 15) is 0 Å². The van der Waals surface area contributed by atoms with Gasteiger partial charge in [-0.05, 0) is 66.4 Å². The van der Waals surface area contributed by atoms with Crippen molar-refractivity contribution in [1.29, 1.82) is 0 Å². The molecule has 0 aromatic heterocycles. The Hall–Kier alpha value is -3.18. The average Bonchev–Trinajstić information content (AvgIpc) is 3.94. The number of hydrogen-bond acceptors (Lipinski definition) is 8. The zero-order valence-corrected chi connectivity index (χ0v) is 24.7. The van der Waals surface area contributed by atoms with E-state index < -0.39 is 33.9 Å². The molecule has 0 N–H and O–H groups in total. The van der Waals surface area contributed by atoms with Crippen LogP contribution in [-0.4, -0.2) is 81.3 Å². The number of rotatable bonds is 4. The van der Waals surface area contributed by atoms with Gasteiger partial charge in [0.05, 0.1) is 58.3 Å². The highest BCUT2D eigenvalue weighted by Crippen LogP contribution is 2.62. The van der Waals surface area contributed by atoms with E-state index in [1.807, 2.05) is 0 Å². The molecule has 45 heavy (non-hydrogen) atoms. The Balaban J connectivity index is 1.28. The smallest absolute Gasteiger partial charge is 0.405 e. The Labute approximate surface area is 262 Å². The van der Waals surface area contributed by atoms with Crippen molar-refractivity contribution in [3.63, 3.8) is 0 Å². The van der Waals surface area contributed by atoms with Gasteiger partial charge in [-0.1, -0.05) is 72.8 Å². The van der Waals surface area contributed by atoms with E-state index in [-0.39, 0.29) is 0 Å². The van der Waals surface area contributed by atoms with E-state index in [0.29, 0.717) is 52.9 Å². The zero-order valence-electron chi connectivity index (χ0n) is 24.7. The number of hydrogen-bond donors (Lipinski definition) is 0. The highest BCUT2D eigenvalue weighted by Gasteiger charge is 2.53. The molecule has 8 nitrogen and oxygen atoms in total. The topological polar surface area (TPSA) is 73.8 Å². The van der Waals surface area contributed by atoms with Gasteiger partial charge in [0.2, 0.25) is 0 Å². The Morgan fingerprint density at radius 2 is 0.556 bits per heavy atom. The fourth-order valence-corrected chi connectivity index (χ4v) is 8.09. The maximum atomic E-state index is 6.00. The third-order valence-electron chi connectivity index (χ3n) is 9.95. The molecule has 0 saturated carbocycles. The molecule has 0 bridgehead atoms. The molecule has 4 fully saturated rings. The van der Waals surface area contributed by atoms with Gasteiger partial charge in [-0.25, -0.2) is 0 Å². The summed E-state index contributed by atoms with van der Waals surface area (Å²) in [6.45, 7) is 4.66. The lowest BCUT2D eigenvalue weighted by molar-refractivity contribution is 0.365. The van der Waals surface area contributed by atoms with Crippen molar-refractivity contribution in [2.75, 3.05) is 52.9 Å². The van der Waals surface area contributed by atoms with Crippen molar-refractivity contribution in [3.05, 3.63) is 95.1 Å². The Morgan fingerprint density at radius 3 is 0.778 bits per heavy atom. The molecule has 12 heteroatoms. The van der Waals surface area contributed by atoms with Crippen molar-refractivity contribution < 1.29 is 37.2 Å². The van der Waals surface area contributed by atoms with Gasteiger partial charge in [0.25, 0.3) is 0 Å². The standard InChI is InChI=1S/C33H28B4O8/c1-5-25-26-6-2-22(35-40-11-12-41-35)18-30(26)33(29(25)17-21(1)34-38-9-10-39-34)31-19-23(36-42-13-14-43-36)3-7-27(31)28-8-4-24(20-32(28)33)37-44-15-16-45-37/h1-8,17-20H,9-16H2. The minimum Gasteiger partial charge on any atom is -0.405 e. The van der Waals surface area contributed by atoms with Gasteiger partial charge in [-0.15, -0.1) is 0 Å². The molecule has 4 aromatic carbocycles. The van der Waals surface area contributed by atoms with Crippen LogP contribution in [0.1, 0.15) is 22.3 Å². The Kier molecular flexibility index (Phi) is 6.25. The van der Waals surface area contributed by atoms with Gasteiger partial charge >= 0.3 is 28.5 Å². The van der Waals surface area contributed by atoms with Crippen LogP contribution < -0.4 is 21.9 Å². The summed E-state index contributed by atoms with van der Waals surface area (Å²) in [5.74, 6) is 0. The summed E-state index contributed by atoms with van der Waals surface area (Å²) in [6.07, 6.45) is 0. The summed E-state index contributed by atoms with van der Waals surface area (Å²) in [4.78, 5) is 0. The molecule has 6 aliphatic rings. The lowest BCUT2D eigenvalue weighted by atomic mass is 9.65. The summed E-state index contributed by atoms with van der Waals surface area (Å²) in [7, 11) is -1.59. The Morgan fingerprint density at radius 1 is 0.333 bits per heavy atom. The lowest BCUT2D eigenvalue weighted by Crippen LogP contribution is -2.38. The normalized spacial score (nSPS) is 20.8. The first-order valence-corrected chi connectivity index (χ1v) is 15.8. The summed E-state index contributed by atoms with van der Waals surface area (Å²) in [6, 6.07) is 26.6. The van der Waals surface area contributed by atoms with Crippen LogP contribution in [0, 0.1) is 0 Å². The van der Waals surface area contributed by atoms with E-state index in [0.717, 1.165) is 21.9 Å². The predicted molar refractivity (Wildman–Crippen MR) is 172 cm³/mol. The SMILES string of the molecule is c1cc2c(cc1B1OCCO1)C1(c3cc(B4OCCO4)ccc3-2)c2cc(B3OCCO3)ccc2-c2ccc(B3OCCO3)cc21. The molecule has 4 aromatic rings. The maximum absolute atomic E-state index is 6.00. The van der Waals surface area contributed by atoms with Crippen molar-refractivity contribution in [2.45, 2.75) is 5.41 Å². The fraction of sp³-hybridized carbons (Fsp3) is 0.273. The van der Waals surface area contributed by atoms with Gasteiger partial charge < -0.3 is 37.2 Å². The molecule has 0 amide bonds. The summed E-state index contributed by atoms with van der Waals surface area (Å²) in [5, 5.41) is 0. The second-order valence-corrected chi connectivity index (χ2v) is 12.3. The highest BCUT2D eigenvalue weighted by molar-refractivity contribution is 6.63. The number of benzene rings is 4. The van der Waals surface area contributed by atoms with E-state index in [1.165, 1.54) is 44.5 Å². The first-order valence-electron chi connectivity index (χ1n) is 15.8. The molecule has 0 unspecified atom stereocenters. The quantitative estimate of drug-likeness (QED) is 0.280. The highest BCUT2D eigenvalue weighted by atomic mass is 16.6. The van der Waals surface area contributed by atoms with E-state index >= 15 is 0 Å². The van der Waals surface area contributed by atoms with Crippen LogP contribution in [-0.2, 0) is 42.6 Å². The zero-order chi connectivity index (χ0) is 29.5. The minimum atomic E-state index is -0.651. The van der Waals surface area contributed by atoms with E-state index in [4.69, 9.17) is 37.2 Å². The molecule has 4 aliphatic heterocycles. The lowest BCUT2D eigenvalue weighted by Gasteiger charge is -2.32. The van der Waals surface area contributed by atoms with E-state index in [1.54, 1.807) is 0 Å². The second-order valence-electron chi connectivity index (χ2n) is 12.3. The molecule has 2 aliphatic carbocycles.